The minimum absolute atomic E-state index is 0.00901. The third kappa shape index (κ3) is 17.2. The maximum atomic E-state index is 13.0. The molecule has 0 aliphatic carbocycles. The Balaban J connectivity index is 1.65. The van der Waals surface area contributed by atoms with Gasteiger partial charge in [-0.2, -0.15) is 13.6 Å². The van der Waals surface area contributed by atoms with Crippen LogP contribution in [0.4, 0.5) is 5.95 Å². The van der Waals surface area contributed by atoms with Crippen molar-refractivity contribution in [2.24, 2.45) is 0 Å². The smallest absolute Gasteiger partial charge is 0.466 e. The van der Waals surface area contributed by atoms with E-state index in [0.29, 0.717) is 24.7 Å². The normalized spacial score (nSPS) is 20.2. The third-order valence-corrected chi connectivity index (χ3v) is 16.6. The number of carbonyl (C=O) groups excluding carboxylic acids is 1. The van der Waals surface area contributed by atoms with Crippen LogP contribution < -0.4 is 11.3 Å². The Bertz CT molecular complexity index is 1930. The fraction of sp³-hybridized carbons (Fsp3) is 0.690. The van der Waals surface area contributed by atoms with Gasteiger partial charge in [0.1, 0.15) is 18.3 Å². The van der Waals surface area contributed by atoms with Crippen LogP contribution in [0.5, 0.6) is 0 Å². The van der Waals surface area contributed by atoms with E-state index in [1.807, 2.05) is 6.92 Å². The fourth-order valence-corrected chi connectivity index (χ4v) is 10.6. The molecule has 1 fully saturated rings. The molecule has 2 aromatic rings. The van der Waals surface area contributed by atoms with E-state index in [9.17, 15) is 33.1 Å². The molecule has 0 radical (unpaired) electrons. The van der Waals surface area contributed by atoms with Gasteiger partial charge in [-0.15, -0.1) is 0 Å². The number of nitrogens with zero attached hydrogens (tertiary/aromatic N) is 2. The van der Waals surface area contributed by atoms with E-state index in [1.165, 1.54) is 10.8 Å². The zero-order valence-corrected chi connectivity index (χ0v) is 36.9. The Morgan fingerprint density at radius 1 is 1.18 bits per heavy atom. The number of hydrogen-bond acceptors (Lipinski definition) is 17. The van der Waals surface area contributed by atoms with Crippen LogP contribution in [0.25, 0.3) is 11.0 Å². The van der Waals surface area contributed by atoms with Crippen molar-refractivity contribution in [2.75, 3.05) is 43.2 Å². The second-order valence-electron chi connectivity index (χ2n) is 12.5. The Morgan fingerprint density at radius 3 is 2.57 bits per heavy atom. The zero-order valence-electron chi connectivity index (χ0n) is 30.9. The summed E-state index contributed by atoms with van der Waals surface area (Å²) in [6.45, 7) is 8.40. The van der Waals surface area contributed by atoms with E-state index in [2.05, 4.69) is 51.2 Å². The first kappa shape index (κ1) is 49.2. The lowest BCUT2D eigenvalue weighted by molar-refractivity contribution is -0.143. The summed E-state index contributed by atoms with van der Waals surface area (Å²) in [6, 6.07) is 0. The summed E-state index contributed by atoms with van der Waals surface area (Å²) in [5.41, 5.74) is 5.55. The van der Waals surface area contributed by atoms with Crippen molar-refractivity contribution in [3.8, 4) is 11.8 Å². The minimum Gasteiger partial charge on any atom is -0.466 e. The van der Waals surface area contributed by atoms with Crippen LogP contribution in [0, 0.1) is 11.8 Å². The number of esters is 1. The van der Waals surface area contributed by atoms with E-state index in [0.717, 1.165) is 12.8 Å². The molecule has 0 spiro atoms. The van der Waals surface area contributed by atoms with Crippen molar-refractivity contribution < 1.29 is 70.2 Å². The average molecular weight is 929 g/mol. The van der Waals surface area contributed by atoms with E-state index < -0.39 is 69.5 Å². The first-order valence-electron chi connectivity index (χ1n) is 17.0. The summed E-state index contributed by atoms with van der Waals surface area (Å²) < 4.78 is 72.2. The van der Waals surface area contributed by atoms with Gasteiger partial charge in [-0.1, -0.05) is 56.7 Å². The second kappa shape index (κ2) is 22.4. The number of aromatic nitrogens is 3. The SMILES string of the molecule is CCS(=S)CO[C@H]1C[C@H](n2cc(C#CCCC(=O)OCCCCOCSSC(C)(C)CC)c3c(=O)[nH]c(N)nc32)O[C@@H]1COP(=O)(O)OP(=O)(O)OP(=O)(O)O. The summed E-state index contributed by atoms with van der Waals surface area (Å²) >= 11 is 5.36. The van der Waals surface area contributed by atoms with E-state index in [1.54, 1.807) is 21.6 Å². The number of rotatable bonds is 24. The lowest BCUT2D eigenvalue weighted by Gasteiger charge is -2.21. The standard InChI is InChI=1S/C29H47N4O16P3S4/c1-5-29(3,4)55-54-18-43-13-9-10-14-44-24(34)12-8-7-11-20-16-33(26-25(20)27(35)32-28(30)31-26)23-15-21(45-19-56(53)6-2)22(47-23)17-46-51(39,40)49-52(41,42)48-50(36,37)38/h16,21-23H,5-6,8-10,12-15,17-19H2,1-4H3,(H,39,40)(H,41,42)(H2,36,37,38)(H3,30,31,32,35)/t21-,22+,23+,56?/m0/s1. The third-order valence-electron chi connectivity index (χ3n) is 7.64. The van der Waals surface area contributed by atoms with E-state index >= 15 is 0 Å². The quantitative estimate of drug-likeness (QED) is 0.0213. The number of carbonyl (C=O) groups is 1. The summed E-state index contributed by atoms with van der Waals surface area (Å²) in [5, 5.41) is 0.0680. The van der Waals surface area contributed by atoms with Gasteiger partial charge in [0, 0.05) is 30.4 Å². The zero-order chi connectivity index (χ0) is 41.7. The minimum atomic E-state index is -5.76. The molecule has 7 N–H and O–H groups in total. The summed E-state index contributed by atoms with van der Waals surface area (Å²) in [7, 11) is -14.0. The number of hydrogen-bond donors (Lipinski definition) is 6. The predicted molar refractivity (Wildman–Crippen MR) is 215 cm³/mol. The van der Waals surface area contributed by atoms with Crippen LogP contribution in [0.2, 0.25) is 0 Å². The van der Waals surface area contributed by atoms with Crippen molar-refractivity contribution in [1.29, 1.82) is 0 Å². The Kier molecular flexibility index (Phi) is 19.7. The molecule has 6 atom stereocenters. The van der Waals surface area contributed by atoms with Crippen molar-refractivity contribution in [3.63, 3.8) is 0 Å². The number of phosphoric acid groups is 3. The molecule has 1 aliphatic rings. The van der Waals surface area contributed by atoms with Crippen LogP contribution in [-0.2, 0) is 71.2 Å². The van der Waals surface area contributed by atoms with Crippen LogP contribution in [0.3, 0.4) is 0 Å². The van der Waals surface area contributed by atoms with Gasteiger partial charge in [0.2, 0.25) is 5.95 Å². The Labute approximate surface area is 338 Å². The predicted octanol–water partition coefficient (Wildman–Crippen LogP) is 4.38. The van der Waals surface area contributed by atoms with Crippen LogP contribution >= 0.6 is 45.1 Å². The lowest BCUT2D eigenvalue weighted by Crippen LogP contribution is -2.30. The van der Waals surface area contributed by atoms with Crippen LogP contribution in [0.1, 0.15) is 78.0 Å². The maximum absolute atomic E-state index is 13.0. The highest BCUT2D eigenvalue weighted by Crippen LogP contribution is 2.66. The molecule has 318 valence electrons. The average Bonchev–Trinajstić information content (AvgIpc) is 3.66. The molecule has 2 aromatic heterocycles. The first-order chi connectivity index (χ1) is 26.1. The largest absolute Gasteiger partial charge is 0.490 e. The molecule has 27 heteroatoms. The van der Waals surface area contributed by atoms with Gasteiger partial charge >= 0.3 is 29.4 Å². The number of nitrogens with one attached hydrogen (secondary N) is 1. The second-order valence-corrected chi connectivity index (χ2v) is 23.0. The number of nitrogen functional groups attached to an aromatic ring is 1. The van der Waals surface area contributed by atoms with Gasteiger partial charge in [0.25, 0.3) is 5.56 Å². The summed E-state index contributed by atoms with van der Waals surface area (Å²) in [5.74, 6) is 6.41. The number of ether oxygens (including phenoxy) is 4. The molecule has 20 nitrogen and oxygen atoms in total. The highest BCUT2D eigenvalue weighted by Gasteiger charge is 2.44. The summed E-state index contributed by atoms with van der Waals surface area (Å²) in [6.07, 6.45) is 1.15. The van der Waals surface area contributed by atoms with Crippen molar-refractivity contribution in [1.82, 2.24) is 14.5 Å². The molecule has 0 aromatic carbocycles. The molecule has 1 saturated heterocycles. The molecular formula is C29H47N4O16P3S4. The highest BCUT2D eigenvalue weighted by molar-refractivity contribution is 8.77. The number of phosphoric ester groups is 1. The molecule has 0 saturated carbocycles. The van der Waals surface area contributed by atoms with E-state index in [4.69, 9.17) is 50.2 Å². The molecule has 0 bridgehead atoms. The van der Waals surface area contributed by atoms with Gasteiger partial charge in [0.15, 0.2) is 5.65 Å². The number of fused-ring (bicyclic) bond motifs is 1. The van der Waals surface area contributed by atoms with Gasteiger partial charge in [-0.05, 0) is 50.1 Å². The highest BCUT2D eigenvalue weighted by atomic mass is 33.1. The van der Waals surface area contributed by atoms with Gasteiger partial charge in [-0.25, -0.2) is 13.7 Å². The fourth-order valence-electron chi connectivity index (χ4n) is 4.62. The first-order valence-corrected chi connectivity index (χ1v) is 26.3. The Morgan fingerprint density at radius 2 is 1.89 bits per heavy atom. The van der Waals surface area contributed by atoms with Crippen LogP contribution in [0.15, 0.2) is 11.0 Å². The number of H-pyrrole nitrogens is 1. The molecule has 3 rings (SSSR count). The van der Waals surface area contributed by atoms with Gasteiger partial charge < -0.3 is 48.8 Å². The number of nitrogens with two attached hydrogens (primary N) is 1. The van der Waals surface area contributed by atoms with Crippen molar-refractivity contribution >= 4 is 88.6 Å². The molecule has 3 heterocycles. The molecular weight excluding hydrogens is 882 g/mol. The molecule has 3 unspecified atom stereocenters. The number of aromatic amines is 1. The monoisotopic (exact) mass is 928 g/mol. The number of unbranched alkanes of at least 4 members (excludes halogenated alkanes) is 1. The van der Waals surface area contributed by atoms with E-state index in [-0.39, 0.29) is 59.1 Å². The van der Waals surface area contributed by atoms with Crippen molar-refractivity contribution in [3.05, 3.63) is 22.1 Å². The van der Waals surface area contributed by atoms with Crippen molar-refractivity contribution in [2.45, 2.75) is 89.4 Å². The summed E-state index contributed by atoms with van der Waals surface area (Å²) in [4.78, 5) is 69.1. The molecule has 0 amide bonds. The number of anilines is 1. The lowest BCUT2D eigenvalue weighted by atomic mass is 10.1. The molecule has 56 heavy (non-hydrogen) atoms. The maximum Gasteiger partial charge on any atom is 0.490 e. The topological polar surface area (TPSA) is 291 Å². The van der Waals surface area contributed by atoms with Crippen LogP contribution in [-0.4, -0.2) is 94.5 Å². The molecule has 1 aliphatic heterocycles. The van der Waals surface area contributed by atoms with Gasteiger partial charge in [-0.3, -0.25) is 19.1 Å². The Hall–Kier alpha value is -1.19. The van der Waals surface area contributed by atoms with Gasteiger partial charge in [0.05, 0.1) is 42.6 Å².